The second kappa shape index (κ2) is 6.64. The van der Waals surface area contributed by atoms with Gasteiger partial charge in [0.1, 0.15) is 5.82 Å². The number of hydrogen-bond donors (Lipinski definition) is 1. The van der Waals surface area contributed by atoms with Crippen LogP contribution in [0.1, 0.15) is 25.3 Å². The molecule has 0 atom stereocenters. The third-order valence-electron chi connectivity index (χ3n) is 3.94. The van der Waals surface area contributed by atoms with E-state index in [9.17, 15) is 17.6 Å². The highest BCUT2D eigenvalue weighted by Gasteiger charge is 2.41. The van der Waals surface area contributed by atoms with Crippen molar-refractivity contribution < 1.29 is 17.6 Å². The van der Waals surface area contributed by atoms with Crippen LogP contribution in [0.25, 0.3) is 0 Å². The molecular formula is C15H20F4N2. The average molecular weight is 304 g/mol. The number of rotatable bonds is 4. The van der Waals surface area contributed by atoms with E-state index in [1.54, 1.807) is 12.1 Å². The van der Waals surface area contributed by atoms with E-state index in [-0.39, 0.29) is 18.7 Å². The molecular weight excluding hydrogens is 284 g/mol. The fourth-order valence-corrected chi connectivity index (χ4v) is 2.72. The second-order valence-corrected chi connectivity index (χ2v) is 5.32. The van der Waals surface area contributed by atoms with Gasteiger partial charge < -0.3 is 10.2 Å². The lowest BCUT2D eigenvalue weighted by Gasteiger charge is -2.35. The van der Waals surface area contributed by atoms with E-state index >= 15 is 0 Å². The summed E-state index contributed by atoms with van der Waals surface area (Å²) in [6, 6.07) is 4.78. The Balaban J connectivity index is 2.11. The molecule has 0 saturated carbocycles. The van der Waals surface area contributed by atoms with E-state index in [1.165, 1.54) is 6.07 Å². The number of anilines is 1. The maximum Gasteiger partial charge on any atom is 0.391 e. The molecule has 1 aromatic carbocycles. The molecule has 6 heteroatoms. The van der Waals surface area contributed by atoms with E-state index in [1.807, 2.05) is 11.8 Å². The van der Waals surface area contributed by atoms with E-state index in [0.29, 0.717) is 37.4 Å². The summed E-state index contributed by atoms with van der Waals surface area (Å²) in [5.41, 5.74) is 1.24. The van der Waals surface area contributed by atoms with Gasteiger partial charge in [-0.05, 0) is 31.5 Å². The number of hydrogen-bond acceptors (Lipinski definition) is 2. The predicted octanol–water partition coefficient (Wildman–Crippen LogP) is 3.71. The summed E-state index contributed by atoms with van der Waals surface area (Å²) in [6.45, 7) is 3.65. The quantitative estimate of drug-likeness (QED) is 0.853. The van der Waals surface area contributed by atoms with Crippen LogP contribution in [0.4, 0.5) is 23.2 Å². The molecule has 0 bridgehead atoms. The minimum Gasteiger partial charge on any atom is -0.371 e. The Bertz CT molecular complexity index is 465. The zero-order chi connectivity index (χ0) is 15.5. The molecule has 1 aliphatic heterocycles. The number of nitrogens with one attached hydrogen (secondary N) is 1. The van der Waals surface area contributed by atoms with E-state index in [2.05, 4.69) is 5.32 Å². The largest absolute Gasteiger partial charge is 0.391 e. The third kappa shape index (κ3) is 3.87. The molecule has 1 heterocycles. The molecule has 1 N–H and O–H groups in total. The van der Waals surface area contributed by atoms with Gasteiger partial charge in [0.25, 0.3) is 0 Å². The number of piperidine rings is 1. The van der Waals surface area contributed by atoms with Crippen molar-refractivity contribution >= 4 is 5.69 Å². The normalized spacial score (nSPS) is 17.3. The molecule has 0 aromatic heterocycles. The van der Waals surface area contributed by atoms with Gasteiger partial charge in [0, 0.05) is 30.9 Å². The van der Waals surface area contributed by atoms with Crippen molar-refractivity contribution in [2.75, 3.05) is 24.5 Å². The molecule has 1 aliphatic rings. The molecule has 2 rings (SSSR count). The van der Waals surface area contributed by atoms with Crippen molar-refractivity contribution in [2.24, 2.45) is 5.92 Å². The molecule has 0 aliphatic carbocycles. The lowest BCUT2D eigenvalue weighted by molar-refractivity contribution is -0.179. The molecule has 0 spiro atoms. The minimum atomic E-state index is -4.12. The summed E-state index contributed by atoms with van der Waals surface area (Å²) in [5, 5.41) is 3.07. The van der Waals surface area contributed by atoms with Crippen molar-refractivity contribution in [3.63, 3.8) is 0 Å². The summed E-state index contributed by atoms with van der Waals surface area (Å²) in [6.07, 6.45) is -3.98. The summed E-state index contributed by atoms with van der Waals surface area (Å²) < 4.78 is 52.0. The van der Waals surface area contributed by atoms with Crippen molar-refractivity contribution in [1.29, 1.82) is 0 Å². The van der Waals surface area contributed by atoms with E-state index < -0.39 is 12.1 Å². The molecule has 0 unspecified atom stereocenters. The number of alkyl halides is 3. The smallest absolute Gasteiger partial charge is 0.371 e. The molecule has 2 nitrogen and oxygen atoms in total. The lowest BCUT2D eigenvalue weighted by Crippen LogP contribution is -2.39. The summed E-state index contributed by atoms with van der Waals surface area (Å²) in [5.74, 6) is -1.55. The highest BCUT2D eigenvalue weighted by molar-refractivity contribution is 5.54. The topological polar surface area (TPSA) is 15.3 Å². The average Bonchev–Trinajstić information content (AvgIpc) is 2.45. The van der Waals surface area contributed by atoms with Crippen LogP contribution in [0.3, 0.4) is 0 Å². The first-order chi connectivity index (χ1) is 9.93. The maximum absolute atomic E-state index is 13.9. The van der Waals surface area contributed by atoms with E-state index in [0.717, 1.165) is 0 Å². The summed E-state index contributed by atoms with van der Waals surface area (Å²) in [7, 11) is 0. The Hall–Kier alpha value is -1.30. The molecule has 0 radical (unpaired) electrons. The lowest BCUT2D eigenvalue weighted by atomic mass is 9.95. The van der Waals surface area contributed by atoms with Crippen molar-refractivity contribution in [3.05, 3.63) is 29.6 Å². The van der Waals surface area contributed by atoms with Crippen LogP contribution < -0.4 is 10.2 Å². The van der Waals surface area contributed by atoms with Crippen LogP contribution in [-0.2, 0) is 6.54 Å². The summed E-state index contributed by atoms with van der Waals surface area (Å²) >= 11 is 0. The maximum atomic E-state index is 13.9. The molecule has 0 amide bonds. The van der Waals surface area contributed by atoms with Gasteiger partial charge in [-0.3, -0.25) is 0 Å². The van der Waals surface area contributed by atoms with Crippen molar-refractivity contribution in [1.82, 2.24) is 5.32 Å². The standard InChI is InChI=1S/C15H20F4N2/c1-2-20-10-12-13(16)4-3-5-14(12)21-8-6-11(7-9-21)15(17,18)19/h3-5,11,20H,2,6-10H2,1H3. The highest BCUT2D eigenvalue weighted by Crippen LogP contribution is 2.36. The first kappa shape index (κ1) is 16.1. The van der Waals surface area contributed by atoms with Gasteiger partial charge in [0.15, 0.2) is 0 Å². The number of halogens is 4. The third-order valence-corrected chi connectivity index (χ3v) is 3.94. The monoisotopic (exact) mass is 304 g/mol. The molecule has 1 fully saturated rings. The van der Waals surface area contributed by atoms with Gasteiger partial charge in [-0.25, -0.2) is 4.39 Å². The van der Waals surface area contributed by atoms with Crippen LogP contribution in [0.2, 0.25) is 0 Å². The SMILES string of the molecule is CCNCc1c(F)cccc1N1CCC(C(F)(F)F)CC1. The van der Waals surface area contributed by atoms with E-state index in [4.69, 9.17) is 0 Å². The number of benzene rings is 1. The Morgan fingerprint density at radius 2 is 1.90 bits per heavy atom. The van der Waals surface area contributed by atoms with Gasteiger partial charge in [0.05, 0.1) is 5.92 Å². The predicted molar refractivity (Wildman–Crippen MR) is 74.8 cm³/mol. The van der Waals surface area contributed by atoms with Crippen molar-refractivity contribution in [2.45, 2.75) is 32.5 Å². The molecule has 1 aromatic rings. The van der Waals surface area contributed by atoms with Gasteiger partial charge in [0.2, 0.25) is 0 Å². The van der Waals surface area contributed by atoms with Crippen molar-refractivity contribution in [3.8, 4) is 0 Å². The van der Waals surface area contributed by atoms with Gasteiger partial charge in [-0.15, -0.1) is 0 Å². The second-order valence-electron chi connectivity index (χ2n) is 5.32. The fourth-order valence-electron chi connectivity index (χ4n) is 2.72. The van der Waals surface area contributed by atoms with Gasteiger partial charge in [-0.1, -0.05) is 13.0 Å². The minimum absolute atomic E-state index is 0.0701. The fraction of sp³-hybridized carbons (Fsp3) is 0.600. The number of nitrogens with zero attached hydrogens (tertiary/aromatic N) is 1. The first-order valence-electron chi connectivity index (χ1n) is 7.23. The Morgan fingerprint density at radius 1 is 1.24 bits per heavy atom. The zero-order valence-electron chi connectivity index (χ0n) is 12.0. The Kier molecular flexibility index (Phi) is 5.08. The first-order valence-corrected chi connectivity index (χ1v) is 7.23. The van der Waals surface area contributed by atoms with Gasteiger partial charge >= 0.3 is 6.18 Å². The summed E-state index contributed by atoms with van der Waals surface area (Å²) in [4.78, 5) is 1.86. The Morgan fingerprint density at radius 3 is 2.48 bits per heavy atom. The van der Waals surface area contributed by atoms with Crippen LogP contribution in [-0.4, -0.2) is 25.8 Å². The molecule has 1 saturated heterocycles. The highest BCUT2D eigenvalue weighted by atomic mass is 19.4. The van der Waals surface area contributed by atoms with Crippen LogP contribution in [0.5, 0.6) is 0 Å². The van der Waals surface area contributed by atoms with Gasteiger partial charge in [-0.2, -0.15) is 13.2 Å². The van der Waals surface area contributed by atoms with Crippen LogP contribution >= 0.6 is 0 Å². The van der Waals surface area contributed by atoms with Crippen LogP contribution in [0, 0.1) is 11.7 Å². The van der Waals surface area contributed by atoms with Crippen LogP contribution in [0.15, 0.2) is 18.2 Å². The molecule has 21 heavy (non-hydrogen) atoms. The zero-order valence-corrected chi connectivity index (χ0v) is 12.0. The Labute approximate surface area is 122 Å². The molecule has 118 valence electrons.